The van der Waals surface area contributed by atoms with Crippen LogP contribution in [0.5, 0.6) is 0 Å². The summed E-state index contributed by atoms with van der Waals surface area (Å²) < 4.78 is 18.6. The first-order valence-corrected chi connectivity index (χ1v) is 8.54. The molecule has 0 saturated carbocycles. The highest BCUT2D eigenvalue weighted by molar-refractivity contribution is 7.16. The molecule has 0 spiro atoms. The number of carbonyl (C=O) groups excluding carboxylic acids is 1. The third kappa shape index (κ3) is 3.28. The van der Waals surface area contributed by atoms with Crippen LogP contribution in [0.4, 0.5) is 9.52 Å². The molecule has 1 aromatic heterocycles. The van der Waals surface area contributed by atoms with Gasteiger partial charge in [0, 0.05) is 17.0 Å². The van der Waals surface area contributed by atoms with Gasteiger partial charge in [-0.2, -0.15) is 0 Å². The first-order valence-electron chi connectivity index (χ1n) is 7.73. The van der Waals surface area contributed by atoms with E-state index in [-0.39, 0.29) is 11.7 Å². The Morgan fingerprint density at radius 3 is 2.78 bits per heavy atom. The summed E-state index contributed by atoms with van der Waals surface area (Å²) in [7, 11) is 0. The fraction of sp³-hybridized carbons (Fsp3) is 0.412. The average molecular weight is 334 g/mol. The van der Waals surface area contributed by atoms with Gasteiger partial charge < -0.3 is 4.74 Å². The van der Waals surface area contributed by atoms with Crippen LogP contribution in [0.15, 0.2) is 24.3 Å². The number of hydrogen-bond donors (Lipinski definition) is 1. The number of aromatic nitrogens is 1. The van der Waals surface area contributed by atoms with Crippen LogP contribution >= 0.6 is 11.3 Å². The SMILES string of the molecule is CCc1sc(NC(=O)C2(C)CCCO2)nc1-c1ccc(F)cc1. The second-order valence-electron chi connectivity index (χ2n) is 5.79. The van der Waals surface area contributed by atoms with Gasteiger partial charge in [-0.05, 0) is 50.5 Å². The lowest BCUT2D eigenvalue weighted by atomic mass is 10.0. The lowest BCUT2D eigenvalue weighted by Gasteiger charge is -2.20. The summed E-state index contributed by atoms with van der Waals surface area (Å²) in [6, 6.07) is 6.24. The molecule has 1 N–H and O–H groups in total. The van der Waals surface area contributed by atoms with Crippen LogP contribution in [-0.2, 0) is 16.0 Å². The number of thiazole rings is 1. The Balaban J connectivity index is 1.84. The molecule has 1 aliphatic heterocycles. The van der Waals surface area contributed by atoms with Gasteiger partial charge in [-0.3, -0.25) is 10.1 Å². The number of anilines is 1. The third-order valence-electron chi connectivity index (χ3n) is 4.06. The second kappa shape index (κ2) is 6.37. The Morgan fingerprint density at radius 1 is 1.43 bits per heavy atom. The van der Waals surface area contributed by atoms with Crippen molar-refractivity contribution in [1.29, 1.82) is 0 Å². The Kier molecular flexibility index (Phi) is 4.46. The van der Waals surface area contributed by atoms with E-state index in [1.54, 1.807) is 12.1 Å². The second-order valence-corrected chi connectivity index (χ2v) is 6.87. The topological polar surface area (TPSA) is 51.2 Å². The average Bonchev–Trinajstić information content (AvgIpc) is 3.15. The minimum absolute atomic E-state index is 0.156. The molecule has 0 radical (unpaired) electrons. The Labute approximate surface area is 138 Å². The van der Waals surface area contributed by atoms with E-state index in [0.717, 1.165) is 35.4 Å². The summed E-state index contributed by atoms with van der Waals surface area (Å²) in [5.41, 5.74) is 0.877. The Morgan fingerprint density at radius 2 is 2.17 bits per heavy atom. The molecule has 1 aliphatic rings. The molecule has 1 saturated heterocycles. The van der Waals surface area contributed by atoms with Crippen molar-refractivity contribution in [2.45, 2.75) is 38.7 Å². The summed E-state index contributed by atoms with van der Waals surface area (Å²) in [6.07, 6.45) is 2.41. The summed E-state index contributed by atoms with van der Waals surface area (Å²) in [5, 5.41) is 3.43. The highest BCUT2D eigenvalue weighted by atomic mass is 32.1. The minimum atomic E-state index is -0.770. The van der Waals surface area contributed by atoms with Gasteiger partial charge in [-0.1, -0.05) is 6.92 Å². The zero-order valence-electron chi connectivity index (χ0n) is 13.2. The van der Waals surface area contributed by atoms with E-state index in [4.69, 9.17) is 4.74 Å². The van der Waals surface area contributed by atoms with E-state index in [1.165, 1.54) is 23.5 Å². The zero-order chi connectivity index (χ0) is 16.4. The number of halogens is 1. The van der Waals surface area contributed by atoms with Gasteiger partial charge in [-0.25, -0.2) is 9.37 Å². The number of rotatable bonds is 4. The summed E-state index contributed by atoms with van der Waals surface area (Å²) in [6.45, 7) is 4.46. The van der Waals surface area contributed by atoms with Gasteiger partial charge in [0.2, 0.25) is 0 Å². The van der Waals surface area contributed by atoms with Crippen molar-refractivity contribution in [3.63, 3.8) is 0 Å². The molecule has 1 atom stereocenters. The van der Waals surface area contributed by atoms with Gasteiger partial charge in [0.05, 0.1) is 5.69 Å². The van der Waals surface area contributed by atoms with Crippen LogP contribution in [-0.4, -0.2) is 23.1 Å². The molecular formula is C17H19FN2O2S. The molecule has 2 heterocycles. The molecule has 4 nitrogen and oxygen atoms in total. The van der Waals surface area contributed by atoms with Crippen molar-refractivity contribution in [2.75, 3.05) is 11.9 Å². The number of aryl methyl sites for hydroxylation is 1. The lowest BCUT2D eigenvalue weighted by Crippen LogP contribution is -2.39. The van der Waals surface area contributed by atoms with Crippen molar-refractivity contribution in [3.8, 4) is 11.3 Å². The monoisotopic (exact) mass is 334 g/mol. The number of nitrogens with one attached hydrogen (secondary N) is 1. The van der Waals surface area contributed by atoms with E-state index in [0.29, 0.717) is 11.7 Å². The quantitative estimate of drug-likeness (QED) is 0.919. The Bertz CT molecular complexity index is 706. The zero-order valence-corrected chi connectivity index (χ0v) is 14.0. The summed E-state index contributed by atoms with van der Waals surface area (Å²) in [5.74, 6) is -0.432. The standard InChI is InChI=1S/C17H19FN2O2S/c1-3-13-14(11-5-7-12(18)8-6-11)19-16(23-13)20-15(21)17(2)9-4-10-22-17/h5-8H,3-4,9-10H2,1-2H3,(H,19,20,21). The lowest BCUT2D eigenvalue weighted by molar-refractivity contribution is -0.133. The molecule has 3 rings (SSSR count). The molecule has 122 valence electrons. The molecule has 1 fully saturated rings. The van der Waals surface area contributed by atoms with E-state index in [9.17, 15) is 9.18 Å². The number of amides is 1. The molecule has 1 amide bonds. The van der Waals surface area contributed by atoms with Crippen LogP contribution in [0.2, 0.25) is 0 Å². The van der Waals surface area contributed by atoms with Crippen molar-refractivity contribution in [2.24, 2.45) is 0 Å². The van der Waals surface area contributed by atoms with Crippen LogP contribution in [0, 0.1) is 5.82 Å². The molecule has 23 heavy (non-hydrogen) atoms. The third-order valence-corrected chi connectivity index (χ3v) is 5.17. The minimum Gasteiger partial charge on any atom is -0.365 e. The normalized spacial score (nSPS) is 20.7. The smallest absolute Gasteiger partial charge is 0.258 e. The molecular weight excluding hydrogens is 315 g/mol. The van der Waals surface area contributed by atoms with Crippen LogP contribution in [0.1, 0.15) is 31.6 Å². The van der Waals surface area contributed by atoms with E-state index in [2.05, 4.69) is 10.3 Å². The maximum Gasteiger partial charge on any atom is 0.258 e. The van der Waals surface area contributed by atoms with Crippen molar-refractivity contribution < 1.29 is 13.9 Å². The summed E-state index contributed by atoms with van der Waals surface area (Å²) in [4.78, 5) is 18.0. The van der Waals surface area contributed by atoms with Crippen molar-refractivity contribution in [1.82, 2.24) is 4.98 Å². The number of carbonyl (C=O) groups is 1. The molecule has 2 aromatic rings. The van der Waals surface area contributed by atoms with Crippen molar-refractivity contribution in [3.05, 3.63) is 35.0 Å². The predicted octanol–water partition coefficient (Wildman–Crippen LogP) is 4.02. The molecule has 6 heteroatoms. The highest BCUT2D eigenvalue weighted by Crippen LogP contribution is 2.33. The van der Waals surface area contributed by atoms with Gasteiger partial charge >= 0.3 is 0 Å². The number of benzene rings is 1. The van der Waals surface area contributed by atoms with E-state index in [1.807, 2.05) is 13.8 Å². The van der Waals surface area contributed by atoms with Crippen LogP contribution in [0.3, 0.4) is 0 Å². The summed E-state index contributed by atoms with van der Waals surface area (Å²) >= 11 is 1.45. The first-order chi connectivity index (χ1) is 11.0. The Hall–Kier alpha value is -1.79. The number of hydrogen-bond acceptors (Lipinski definition) is 4. The van der Waals surface area contributed by atoms with E-state index < -0.39 is 5.60 Å². The van der Waals surface area contributed by atoms with Crippen molar-refractivity contribution >= 4 is 22.4 Å². The maximum absolute atomic E-state index is 13.1. The fourth-order valence-electron chi connectivity index (χ4n) is 2.67. The number of nitrogens with zero attached hydrogens (tertiary/aromatic N) is 1. The van der Waals surface area contributed by atoms with Gasteiger partial charge in [0.25, 0.3) is 5.91 Å². The van der Waals surface area contributed by atoms with Gasteiger partial charge in [-0.15, -0.1) is 11.3 Å². The fourth-order valence-corrected chi connectivity index (χ4v) is 3.58. The number of ether oxygens (including phenoxy) is 1. The van der Waals surface area contributed by atoms with Gasteiger partial charge in [0.15, 0.2) is 5.13 Å². The van der Waals surface area contributed by atoms with Gasteiger partial charge in [0.1, 0.15) is 11.4 Å². The van der Waals surface area contributed by atoms with Crippen LogP contribution in [0.25, 0.3) is 11.3 Å². The molecule has 0 bridgehead atoms. The molecule has 0 aliphatic carbocycles. The predicted molar refractivity (Wildman–Crippen MR) is 89.1 cm³/mol. The van der Waals surface area contributed by atoms with E-state index >= 15 is 0 Å². The maximum atomic E-state index is 13.1. The molecule has 1 unspecified atom stereocenters. The van der Waals surface area contributed by atoms with Crippen LogP contribution < -0.4 is 5.32 Å². The highest BCUT2D eigenvalue weighted by Gasteiger charge is 2.38. The molecule has 1 aromatic carbocycles. The largest absolute Gasteiger partial charge is 0.365 e. The first kappa shape index (κ1) is 16.1.